The summed E-state index contributed by atoms with van der Waals surface area (Å²) in [5.41, 5.74) is 0. The topological polar surface area (TPSA) is 47.8 Å². The molecule has 0 aliphatic heterocycles. The second-order valence-corrected chi connectivity index (χ2v) is 2.15. The van der Waals surface area contributed by atoms with Crippen molar-refractivity contribution >= 4 is 5.78 Å². The van der Waals surface area contributed by atoms with Gasteiger partial charge in [0.15, 0.2) is 5.78 Å². The molecule has 0 unspecified atom stereocenters. The van der Waals surface area contributed by atoms with Gasteiger partial charge in [0, 0.05) is 7.05 Å². The smallest absolute Gasteiger partial charge is 0.162 e. The van der Waals surface area contributed by atoms with Gasteiger partial charge in [-0.25, -0.2) is 4.98 Å². The average Bonchev–Trinajstić information content (AvgIpc) is 2.37. The standard InChI is InChI=1S/C7H9N3O/c1-3-6(11)4-7-8-5-9-10(7)2/h3,5H,1,4H2,2H3. The lowest BCUT2D eigenvalue weighted by atomic mass is 10.3. The Kier molecular flexibility index (Phi) is 2.15. The second kappa shape index (κ2) is 3.09. The summed E-state index contributed by atoms with van der Waals surface area (Å²) in [4.78, 5) is 14.7. The van der Waals surface area contributed by atoms with Crippen molar-refractivity contribution in [1.29, 1.82) is 0 Å². The predicted octanol–water partition coefficient (Wildman–Crippen LogP) is 0.113. The lowest BCUT2D eigenvalue weighted by Crippen LogP contribution is -2.05. The molecule has 0 saturated heterocycles. The normalized spacial score (nSPS) is 9.55. The highest BCUT2D eigenvalue weighted by Gasteiger charge is 2.03. The van der Waals surface area contributed by atoms with E-state index >= 15 is 0 Å². The Balaban J connectivity index is 2.71. The number of aromatic nitrogens is 3. The highest BCUT2D eigenvalue weighted by atomic mass is 16.1. The van der Waals surface area contributed by atoms with Crippen LogP contribution in [-0.4, -0.2) is 20.5 Å². The third-order valence-corrected chi connectivity index (χ3v) is 1.37. The summed E-state index contributed by atoms with van der Waals surface area (Å²) in [5, 5.41) is 3.82. The van der Waals surface area contributed by atoms with Gasteiger partial charge in [-0.05, 0) is 6.08 Å². The minimum Gasteiger partial charge on any atom is -0.294 e. The van der Waals surface area contributed by atoms with Crippen LogP contribution in [0.3, 0.4) is 0 Å². The first kappa shape index (κ1) is 7.65. The summed E-state index contributed by atoms with van der Waals surface area (Å²) in [5.74, 6) is 0.621. The minimum atomic E-state index is -0.0406. The van der Waals surface area contributed by atoms with Crippen LogP contribution < -0.4 is 0 Å². The molecule has 1 heterocycles. The molecular weight excluding hydrogens is 142 g/mol. The fourth-order valence-corrected chi connectivity index (χ4v) is 0.708. The molecule has 4 heteroatoms. The summed E-state index contributed by atoms with van der Waals surface area (Å²) in [7, 11) is 1.75. The van der Waals surface area contributed by atoms with Crippen LogP contribution >= 0.6 is 0 Å². The third kappa shape index (κ3) is 1.73. The molecule has 58 valence electrons. The van der Waals surface area contributed by atoms with E-state index in [1.165, 1.54) is 12.4 Å². The minimum absolute atomic E-state index is 0.0406. The van der Waals surface area contributed by atoms with Crippen LogP contribution in [0.15, 0.2) is 19.0 Å². The van der Waals surface area contributed by atoms with Gasteiger partial charge in [0.05, 0.1) is 6.42 Å². The first-order valence-electron chi connectivity index (χ1n) is 3.22. The molecule has 0 aliphatic carbocycles. The molecule has 0 saturated carbocycles. The van der Waals surface area contributed by atoms with Gasteiger partial charge in [-0.15, -0.1) is 0 Å². The van der Waals surface area contributed by atoms with Gasteiger partial charge in [-0.3, -0.25) is 9.48 Å². The lowest BCUT2D eigenvalue weighted by Gasteiger charge is -1.94. The Morgan fingerprint density at radius 3 is 3.09 bits per heavy atom. The summed E-state index contributed by atoms with van der Waals surface area (Å²) in [6, 6.07) is 0. The number of hydrogen-bond donors (Lipinski definition) is 0. The first-order chi connectivity index (χ1) is 5.24. The monoisotopic (exact) mass is 151 g/mol. The molecule has 1 rings (SSSR count). The molecule has 4 nitrogen and oxygen atoms in total. The van der Waals surface area contributed by atoms with Crippen molar-refractivity contribution in [3.63, 3.8) is 0 Å². The molecule has 0 amide bonds. The Morgan fingerprint density at radius 2 is 2.64 bits per heavy atom. The first-order valence-corrected chi connectivity index (χ1v) is 3.22. The molecule has 1 aromatic heterocycles. The Labute approximate surface area is 64.6 Å². The number of ketones is 1. The van der Waals surface area contributed by atoms with Crippen LogP contribution in [0.4, 0.5) is 0 Å². The number of rotatable bonds is 3. The molecule has 0 bridgehead atoms. The maximum Gasteiger partial charge on any atom is 0.162 e. The lowest BCUT2D eigenvalue weighted by molar-refractivity contribution is -0.114. The Morgan fingerprint density at radius 1 is 1.91 bits per heavy atom. The van der Waals surface area contributed by atoms with E-state index in [1.807, 2.05) is 0 Å². The van der Waals surface area contributed by atoms with Gasteiger partial charge in [0.1, 0.15) is 12.2 Å². The predicted molar refractivity (Wildman–Crippen MR) is 39.9 cm³/mol. The average molecular weight is 151 g/mol. The number of hydrogen-bond acceptors (Lipinski definition) is 3. The molecule has 0 atom stereocenters. The van der Waals surface area contributed by atoms with Crippen molar-refractivity contribution in [2.75, 3.05) is 0 Å². The van der Waals surface area contributed by atoms with Gasteiger partial charge < -0.3 is 0 Å². The molecular formula is C7H9N3O. The summed E-state index contributed by atoms with van der Waals surface area (Å²) in [6.45, 7) is 3.36. The molecule has 0 radical (unpaired) electrons. The highest BCUT2D eigenvalue weighted by Crippen LogP contribution is 1.93. The van der Waals surface area contributed by atoms with Crippen molar-refractivity contribution in [1.82, 2.24) is 14.8 Å². The van der Waals surface area contributed by atoms with E-state index in [1.54, 1.807) is 11.7 Å². The second-order valence-electron chi connectivity index (χ2n) is 2.15. The fraction of sp³-hybridized carbons (Fsp3) is 0.286. The number of carbonyl (C=O) groups is 1. The van der Waals surface area contributed by atoms with Crippen LogP contribution in [0, 0.1) is 0 Å². The van der Waals surface area contributed by atoms with Crippen LogP contribution in [0.2, 0.25) is 0 Å². The van der Waals surface area contributed by atoms with E-state index < -0.39 is 0 Å². The van der Waals surface area contributed by atoms with Gasteiger partial charge in [0.25, 0.3) is 0 Å². The zero-order chi connectivity index (χ0) is 8.27. The van der Waals surface area contributed by atoms with Crippen molar-refractivity contribution < 1.29 is 4.79 Å². The van der Waals surface area contributed by atoms with Crippen molar-refractivity contribution in [3.8, 4) is 0 Å². The summed E-state index contributed by atoms with van der Waals surface area (Å²) < 4.78 is 1.57. The molecule has 0 fully saturated rings. The molecule has 11 heavy (non-hydrogen) atoms. The van der Waals surface area contributed by atoms with Gasteiger partial charge in [0.2, 0.25) is 0 Å². The van der Waals surface area contributed by atoms with Gasteiger partial charge >= 0.3 is 0 Å². The van der Waals surface area contributed by atoms with Crippen LogP contribution in [0.5, 0.6) is 0 Å². The van der Waals surface area contributed by atoms with E-state index in [9.17, 15) is 4.79 Å². The third-order valence-electron chi connectivity index (χ3n) is 1.37. The van der Waals surface area contributed by atoms with E-state index in [0.29, 0.717) is 5.82 Å². The van der Waals surface area contributed by atoms with Crippen molar-refractivity contribution in [2.45, 2.75) is 6.42 Å². The number of aryl methyl sites for hydroxylation is 1. The van der Waals surface area contributed by atoms with Gasteiger partial charge in [-0.1, -0.05) is 6.58 Å². The Bertz CT molecular complexity index is 277. The summed E-state index contributed by atoms with van der Waals surface area (Å²) in [6.07, 6.45) is 2.99. The van der Waals surface area contributed by atoms with E-state index in [4.69, 9.17) is 0 Å². The molecule has 0 spiro atoms. The van der Waals surface area contributed by atoms with E-state index in [-0.39, 0.29) is 12.2 Å². The number of carbonyl (C=O) groups excluding carboxylic acids is 1. The van der Waals surface area contributed by atoms with Gasteiger partial charge in [-0.2, -0.15) is 5.10 Å². The summed E-state index contributed by atoms with van der Waals surface area (Å²) >= 11 is 0. The number of allylic oxidation sites excluding steroid dienone is 1. The number of nitrogens with zero attached hydrogens (tertiary/aromatic N) is 3. The maximum absolute atomic E-state index is 10.8. The fourth-order valence-electron chi connectivity index (χ4n) is 0.708. The van der Waals surface area contributed by atoms with E-state index in [2.05, 4.69) is 16.7 Å². The van der Waals surface area contributed by atoms with Crippen LogP contribution in [0.25, 0.3) is 0 Å². The van der Waals surface area contributed by atoms with Crippen LogP contribution in [-0.2, 0) is 18.3 Å². The quantitative estimate of drug-likeness (QED) is 0.576. The highest BCUT2D eigenvalue weighted by molar-refractivity contribution is 5.90. The van der Waals surface area contributed by atoms with Crippen molar-refractivity contribution in [3.05, 3.63) is 24.8 Å². The Hall–Kier alpha value is -1.45. The van der Waals surface area contributed by atoms with Crippen molar-refractivity contribution in [2.24, 2.45) is 7.05 Å². The zero-order valence-electron chi connectivity index (χ0n) is 6.32. The van der Waals surface area contributed by atoms with Crippen LogP contribution in [0.1, 0.15) is 5.82 Å². The van der Waals surface area contributed by atoms with E-state index in [0.717, 1.165) is 0 Å². The zero-order valence-corrected chi connectivity index (χ0v) is 6.32. The SMILES string of the molecule is C=CC(=O)Cc1ncnn1C. The molecule has 1 aromatic rings. The molecule has 0 aliphatic rings. The molecule has 0 N–H and O–H groups in total. The largest absolute Gasteiger partial charge is 0.294 e. The maximum atomic E-state index is 10.8. The molecule has 0 aromatic carbocycles.